The molecule has 0 aliphatic rings. The van der Waals surface area contributed by atoms with Gasteiger partial charge < -0.3 is 15.4 Å². The van der Waals surface area contributed by atoms with E-state index in [1.807, 2.05) is 0 Å². The van der Waals surface area contributed by atoms with Gasteiger partial charge in [-0.3, -0.25) is 9.59 Å². The molecule has 0 aliphatic heterocycles. The summed E-state index contributed by atoms with van der Waals surface area (Å²) < 4.78 is 57.1. The van der Waals surface area contributed by atoms with Gasteiger partial charge in [0.25, 0.3) is 11.8 Å². The molecular weight excluding hydrogens is 416 g/mol. The third kappa shape index (κ3) is 6.05. The number of carbonyl (C=O) groups excluding carboxylic acids is 2. The fraction of sp³-hybridized carbons (Fsp3) is 0.0909. The van der Waals surface area contributed by atoms with E-state index >= 15 is 0 Å². The molecule has 0 spiro atoms. The number of hydrogen-bond acceptors (Lipinski definition) is 3. The molecule has 0 fully saturated rings. The third-order valence-electron chi connectivity index (χ3n) is 4.10. The molecule has 0 aromatic heterocycles. The minimum Gasteiger partial charge on any atom is -0.484 e. The van der Waals surface area contributed by atoms with Crippen molar-refractivity contribution in [3.8, 4) is 5.75 Å². The van der Waals surface area contributed by atoms with Gasteiger partial charge in [-0.2, -0.15) is 13.2 Å². The summed E-state index contributed by atoms with van der Waals surface area (Å²) in [5.41, 5.74) is -0.612. The quantitative estimate of drug-likeness (QED) is 0.532. The zero-order chi connectivity index (χ0) is 22.4. The second-order valence-corrected chi connectivity index (χ2v) is 6.37. The van der Waals surface area contributed by atoms with E-state index in [0.29, 0.717) is 11.3 Å². The third-order valence-corrected chi connectivity index (χ3v) is 4.10. The van der Waals surface area contributed by atoms with Crippen LogP contribution in [0.3, 0.4) is 0 Å². The second-order valence-electron chi connectivity index (χ2n) is 6.37. The van der Waals surface area contributed by atoms with E-state index in [4.69, 9.17) is 4.74 Å². The lowest BCUT2D eigenvalue weighted by Gasteiger charge is -2.14. The van der Waals surface area contributed by atoms with Crippen molar-refractivity contribution in [1.29, 1.82) is 0 Å². The Labute approximate surface area is 174 Å². The van der Waals surface area contributed by atoms with Gasteiger partial charge >= 0.3 is 6.18 Å². The van der Waals surface area contributed by atoms with E-state index in [1.54, 1.807) is 0 Å². The Hall–Kier alpha value is -3.88. The molecule has 9 heteroatoms. The maximum absolute atomic E-state index is 13.0. The zero-order valence-corrected chi connectivity index (χ0v) is 15.9. The summed E-state index contributed by atoms with van der Waals surface area (Å²) in [6.07, 6.45) is -4.60. The first kappa shape index (κ1) is 21.8. The number of ether oxygens (including phenoxy) is 1. The number of rotatable bonds is 6. The predicted octanol–water partition coefficient (Wildman–Crippen LogP) is 5.11. The van der Waals surface area contributed by atoms with E-state index in [0.717, 1.165) is 12.1 Å². The molecule has 3 rings (SSSR count). The van der Waals surface area contributed by atoms with Crippen molar-refractivity contribution in [3.63, 3.8) is 0 Å². The number of alkyl halides is 3. The summed E-state index contributed by atoms with van der Waals surface area (Å²) >= 11 is 0. The molecule has 3 aromatic carbocycles. The Morgan fingerprint density at radius 1 is 0.839 bits per heavy atom. The lowest BCUT2D eigenvalue weighted by Crippen LogP contribution is -2.22. The molecule has 0 saturated heterocycles. The van der Waals surface area contributed by atoms with Crippen molar-refractivity contribution < 1.29 is 31.9 Å². The molecule has 0 heterocycles. The molecule has 0 atom stereocenters. The summed E-state index contributed by atoms with van der Waals surface area (Å²) in [5, 5.41) is 4.77. The van der Waals surface area contributed by atoms with Crippen LogP contribution in [-0.2, 0) is 11.0 Å². The van der Waals surface area contributed by atoms with E-state index in [-0.39, 0.29) is 11.4 Å². The van der Waals surface area contributed by atoms with E-state index in [2.05, 4.69) is 10.6 Å². The van der Waals surface area contributed by atoms with Crippen molar-refractivity contribution in [2.75, 3.05) is 17.2 Å². The van der Waals surface area contributed by atoms with Gasteiger partial charge in [-0.1, -0.05) is 12.1 Å². The van der Waals surface area contributed by atoms with E-state index in [1.165, 1.54) is 60.7 Å². The topological polar surface area (TPSA) is 67.4 Å². The molecule has 2 N–H and O–H groups in total. The minimum absolute atomic E-state index is 0.248. The van der Waals surface area contributed by atoms with Crippen molar-refractivity contribution >= 4 is 23.2 Å². The Balaban J connectivity index is 1.55. The van der Waals surface area contributed by atoms with Gasteiger partial charge in [-0.05, 0) is 60.7 Å². The van der Waals surface area contributed by atoms with Gasteiger partial charge in [0.05, 0.1) is 11.3 Å². The lowest BCUT2D eigenvalue weighted by molar-refractivity contribution is -0.137. The van der Waals surface area contributed by atoms with Crippen LogP contribution in [0.4, 0.5) is 28.9 Å². The Kier molecular flexibility index (Phi) is 6.54. The molecule has 0 aliphatic carbocycles. The van der Waals surface area contributed by atoms with Crippen LogP contribution in [0.25, 0.3) is 0 Å². The van der Waals surface area contributed by atoms with Crippen molar-refractivity contribution in [2.45, 2.75) is 6.18 Å². The van der Waals surface area contributed by atoms with Crippen molar-refractivity contribution in [1.82, 2.24) is 0 Å². The smallest absolute Gasteiger partial charge is 0.418 e. The van der Waals surface area contributed by atoms with Crippen LogP contribution >= 0.6 is 0 Å². The van der Waals surface area contributed by atoms with Crippen LogP contribution in [0.1, 0.15) is 15.9 Å². The summed E-state index contributed by atoms with van der Waals surface area (Å²) in [5.74, 6) is -1.38. The van der Waals surface area contributed by atoms with E-state index in [9.17, 15) is 27.2 Å². The fourth-order valence-corrected chi connectivity index (χ4v) is 2.61. The first-order chi connectivity index (χ1) is 14.7. The van der Waals surface area contributed by atoms with Gasteiger partial charge in [0.1, 0.15) is 11.6 Å². The first-order valence-electron chi connectivity index (χ1n) is 8.98. The Morgan fingerprint density at radius 2 is 1.48 bits per heavy atom. The molecule has 3 aromatic rings. The molecule has 0 bridgehead atoms. The van der Waals surface area contributed by atoms with Gasteiger partial charge in [-0.25, -0.2) is 4.39 Å². The van der Waals surface area contributed by atoms with Crippen LogP contribution in [0.5, 0.6) is 5.75 Å². The number of benzene rings is 3. The van der Waals surface area contributed by atoms with Crippen LogP contribution in [0.15, 0.2) is 72.8 Å². The summed E-state index contributed by atoms with van der Waals surface area (Å²) in [6, 6.07) is 15.7. The largest absolute Gasteiger partial charge is 0.484 e. The molecule has 2 amide bonds. The Morgan fingerprint density at radius 3 is 2.13 bits per heavy atom. The predicted molar refractivity (Wildman–Crippen MR) is 106 cm³/mol. The number of carbonyl (C=O) groups is 2. The number of hydrogen-bond donors (Lipinski definition) is 2. The van der Waals surface area contributed by atoms with Crippen LogP contribution in [0.2, 0.25) is 0 Å². The molecule has 5 nitrogen and oxygen atoms in total. The van der Waals surface area contributed by atoms with Crippen LogP contribution in [0, 0.1) is 5.82 Å². The van der Waals surface area contributed by atoms with Gasteiger partial charge in [0.15, 0.2) is 6.61 Å². The van der Waals surface area contributed by atoms with Crippen molar-refractivity contribution in [2.24, 2.45) is 0 Å². The average Bonchev–Trinajstić information content (AvgIpc) is 2.74. The first-order valence-corrected chi connectivity index (χ1v) is 8.98. The molecule has 0 saturated carbocycles. The number of para-hydroxylation sites is 1. The zero-order valence-electron chi connectivity index (χ0n) is 15.9. The highest BCUT2D eigenvalue weighted by Gasteiger charge is 2.33. The molecule has 0 unspecified atom stereocenters. The maximum atomic E-state index is 13.0. The molecule has 160 valence electrons. The molecule has 31 heavy (non-hydrogen) atoms. The fourth-order valence-electron chi connectivity index (χ4n) is 2.61. The highest BCUT2D eigenvalue weighted by molar-refractivity contribution is 6.04. The summed E-state index contributed by atoms with van der Waals surface area (Å²) in [6.45, 7) is -0.521. The van der Waals surface area contributed by atoms with Gasteiger partial charge in [0.2, 0.25) is 0 Å². The minimum atomic E-state index is -4.60. The lowest BCUT2D eigenvalue weighted by atomic mass is 10.1. The normalized spacial score (nSPS) is 11.0. The molecular formula is C22H16F4N2O3. The van der Waals surface area contributed by atoms with E-state index < -0.39 is 36.0 Å². The van der Waals surface area contributed by atoms with Gasteiger partial charge in [-0.15, -0.1) is 0 Å². The summed E-state index contributed by atoms with van der Waals surface area (Å²) in [4.78, 5) is 24.2. The van der Waals surface area contributed by atoms with Gasteiger partial charge in [0, 0.05) is 11.3 Å². The number of nitrogens with one attached hydrogen (secondary N) is 2. The maximum Gasteiger partial charge on any atom is 0.418 e. The van der Waals surface area contributed by atoms with Crippen LogP contribution < -0.4 is 15.4 Å². The average molecular weight is 432 g/mol. The number of halogens is 4. The van der Waals surface area contributed by atoms with Crippen molar-refractivity contribution in [3.05, 3.63) is 89.7 Å². The SMILES string of the molecule is O=C(COc1ccc(C(=O)Nc2ccc(F)cc2)cc1)Nc1ccccc1C(F)(F)F. The standard InChI is InChI=1S/C22H16F4N2O3/c23-15-7-9-16(10-8-15)27-21(30)14-5-11-17(12-6-14)31-13-20(29)28-19-4-2-1-3-18(19)22(24,25)26/h1-12H,13H2,(H,27,30)(H,28,29). The summed E-state index contributed by atoms with van der Waals surface area (Å²) in [7, 11) is 0. The number of amides is 2. The molecule has 0 radical (unpaired) electrons. The highest BCUT2D eigenvalue weighted by atomic mass is 19.4. The Bertz CT molecular complexity index is 1070. The number of anilines is 2. The monoisotopic (exact) mass is 432 g/mol. The second kappa shape index (κ2) is 9.29. The highest BCUT2D eigenvalue weighted by Crippen LogP contribution is 2.34. The van der Waals surface area contributed by atoms with Crippen LogP contribution in [-0.4, -0.2) is 18.4 Å².